The van der Waals surface area contributed by atoms with Crippen molar-refractivity contribution in [3.63, 3.8) is 0 Å². The molecule has 1 aromatic carbocycles. The van der Waals surface area contributed by atoms with Crippen molar-refractivity contribution in [1.82, 2.24) is 9.55 Å². The predicted molar refractivity (Wildman–Crippen MR) is 92.0 cm³/mol. The summed E-state index contributed by atoms with van der Waals surface area (Å²) in [4.78, 5) is 4.60. The van der Waals surface area contributed by atoms with Crippen LogP contribution in [0.15, 0.2) is 65.9 Å². The molecule has 0 fully saturated rings. The molecule has 0 amide bonds. The molecule has 21 heavy (non-hydrogen) atoms. The van der Waals surface area contributed by atoms with E-state index in [2.05, 4.69) is 88.5 Å². The molecule has 0 spiro atoms. The van der Waals surface area contributed by atoms with E-state index in [1.165, 1.54) is 10.9 Å². The summed E-state index contributed by atoms with van der Waals surface area (Å²) in [6, 6.07) is 12.6. The summed E-state index contributed by atoms with van der Waals surface area (Å²) in [5.41, 5.74) is 3.16. The van der Waals surface area contributed by atoms with Gasteiger partial charge in [-0.1, -0.05) is 35.9 Å². The van der Waals surface area contributed by atoms with Crippen LogP contribution in [0, 0.1) is 0 Å². The van der Waals surface area contributed by atoms with Gasteiger partial charge in [0.2, 0.25) is 0 Å². The molecule has 0 aliphatic carbocycles. The van der Waals surface area contributed by atoms with Crippen LogP contribution in [0.4, 0.5) is 0 Å². The van der Waals surface area contributed by atoms with Gasteiger partial charge < -0.3 is 4.57 Å². The second-order valence-electron chi connectivity index (χ2n) is 5.72. The molecule has 3 aromatic rings. The molecule has 0 atom stereocenters. The van der Waals surface area contributed by atoms with Crippen LogP contribution < -0.4 is 0 Å². The monoisotopic (exact) mass is 340 g/mol. The number of halogens is 1. The van der Waals surface area contributed by atoms with Crippen molar-refractivity contribution in [3.05, 3.63) is 71.6 Å². The summed E-state index contributed by atoms with van der Waals surface area (Å²) in [6.45, 7) is 8.11. The van der Waals surface area contributed by atoms with Crippen LogP contribution in [0.3, 0.4) is 0 Å². The third-order valence-electron chi connectivity index (χ3n) is 3.85. The molecule has 3 rings (SSSR count). The van der Waals surface area contributed by atoms with Gasteiger partial charge in [-0.05, 0) is 36.4 Å². The summed E-state index contributed by atoms with van der Waals surface area (Å²) in [5, 5.41) is 1.21. The third-order valence-corrected chi connectivity index (χ3v) is 4.34. The molecule has 2 heterocycles. The molecule has 106 valence electrons. The van der Waals surface area contributed by atoms with Crippen molar-refractivity contribution in [2.45, 2.75) is 19.3 Å². The predicted octanol–water partition coefficient (Wildman–Crippen LogP) is 5.25. The zero-order valence-corrected chi connectivity index (χ0v) is 13.8. The van der Waals surface area contributed by atoms with E-state index in [4.69, 9.17) is 0 Å². The lowest BCUT2D eigenvalue weighted by Gasteiger charge is -2.19. The number of nitrogens with zero attached hydrogens (tertiary/aromatic N) is 2. The molecule has 0 radical (unpaired) electrons. The Morgan fingerprint density at radius 1 is 1.19 bits per heavy atom. The van der Waals surface area contributed by atoms with Gasteiger partial charge in [0.1, 0.15) is 0 Å². The van der Waals surface area contributed by atoms with Crippen LogP contribution in [0.25, 0.3) is 16.6 Å². The smallest absolute Gasteiger partial charge is 0.0639 e. The first-order valence-corrected chi connectivity index (χ1v) is 7.68. The molecule has 3 heteroatoms. The lowest BCUT2D eigenvalue weighted by Crippen LogP contribution is -2.15. The van der Waals surface area contributed by atoms with Gasteiger partial charge >= 0.3 is 0 Å². The highest BCUT2D eigenvalue weighted by molar-refractivity contribution is 9.10. The summed E-state index contributed by atoms with van der Waals surface area (Å²) < 4.78 is 3.24. The van der Waals surface area contributed by atoms with Gasteiger partial charge in [-0.3, -0.25) is 4.98 Å². The first-order valence-electron chi connectivity index (χ1n) is 6.88. The van der Waals surface area contributed by atoms with E-state index < -0.39 is 0 Å². The topological polar surface area (TPSA) is 17.8 Å². The number of rotatable bonds is 3. The van der Waals surface area contributed by atoms with E-state index in [0.29, 0.717) is 0 Å². The van der Waals surface area contributed by atoms with Crippen molar-refractivity contribution in [2.24, 2.45) is 0 Å². The van der Waals surface area contributed by atoms with Crippen molar-refractivity contribution in [3.8, 4) is 5.69 Å². The van der Waals surface area contributed by atoms with Crippen molar-refractivity contribution < 1.29 is 0 Å². The Kier molecular flexibility index (Phi) is 3.46. The minimum atomic E-state index is -0.109. The lowest BCUT2D eigenvalue weighted by atomic mass is 9.89. The first kappa shape index (κ1) is 14.1. The molecule has 2 nitrogen and oxygen atoms in total. The maximum Gasteiger partial charge on any atom is 0.0639 e. The molecule has 0 saturated heterocycles. The highest BCUT2D eigenvalue weighted by atomic mass is 79.9. The fraction of sp³-hybridized carbons (Fsp3) is 0.167. The Labute approximate surface area is 133 Å². The highest BCUT2D eigenvalue weighted by Crippen LogP contribution is 2.26. The summed E-state index contributed by atoms with van der Waals surface area (Å²) in [7, 11) is 0. The molecule has 0 saturated carbocycles. The number of aromatic nitrogens is 2. The van der Waals surface area contributed by atoms with Gasteiger partial charge in [-0.25, -0.2) is 0 Å². The van der Waals surface area contributed by atoms with Crippen LogP contribution in [-0.4, -0.2) is 9.55 Å². The van der Waals surface area contributed by atoms with Crippen molar-refractivity contribution >= 4 is 26.8 Å². The molecule has 0 aliphatic rings. The third kappa shape index (κ3) is 2.54. The van der Waals surface area contributed by atoms with Crippen molar-refractivity contribution in [1.29, 1.82) is 0 Å². The normalized spacial score (nSPS) is 11.8. The van der Waals surface area contributed by atoms with Crippen molar-refractivity contribution in [2.75, 3.05) is 0 Å². The van der Waals surface area contributed by atoms with Gasteiger partial charge in [0, 0.05) is 27.2 Å². The van der Waals surface area contributed by atoms with E-state index in [0.717, 1.165) is 15.9 Å². The van der Waals surface area contributed by atoms with Gasteiger partial charge in [-0.2, -0.15) is 0 Å². The summed E-state index contributed by atoms with van der Waals surface area (Å²) >= 11 is 3.51. The number of hydrogen-bond acceptors (Lipinski definition) is 1. The standard InChI is InChI=1S/C18H17BrN2/c1-4-18(2,3)17-8-6-15(12-20-17)21-10-9-13-11-14(19)5-7-16(13)21/h4-12H,1H2,2-3H3. The number of fused-ring (bicyclic) bond motifs is 1. The maximum atomic E-state index is 4.60. The zero-order valence-electron chi connectivity index (χ0n) is 12.2. The Morgan fingerprint density at radius 3 is 2.67 bits per heavy atom. The molecule has 0 bridgehead atoms. The second-order valence-corrected chi connectivity index (χ2v) is 6.63. The Balaban J connectivity index is 2.05. The molecular formula is C18H17BrN2. The molecule has 2 aromatic heterocycles. The second kappa shape index (κ2) is 5.15. The summed E-state index contributed by atoms with van der Waals surface area (Å²) in [6.07, 6.45) is 5.92. The van der Waals surface area contributed by atoms with Crippen LogP contribution in [0.1, 0.15) is 19.5 Å². The highest BCUT2D eigenvalue weighted by Gasteiger charge is 2.17. The van der Waals surface area contributed by atoms with Crippen LogP contribution in [0.2, 0.25) is 0 Å². The van der Waals surface area contributed by atoms with Gasteiger partial charge in [0.25, 0.3) is 0 Å². The van der Waals surface area contributed by atoms with Gasteiger partial charge in [0.15, 0.2) is 0 Å². The minimum absolute atomic E-state index is 0.109. The Hall–Kier alpha value is -1.87. The summed E-state index contributed by atoms with van der Waals surface area (Å²) in [5.74, 6) is 0. The Bertz CT molecular complexity index is 798. The molecule has 0 N–H and O–H groups in total. The van der Waals surface area contributed by atoms with Crippen LogP contribution in [-0.2, 0) is 5.41 Å². The lowest BCUT2D eigenvalue weighted by molar-refractivity contribution is 0.644. The number of pyridine rings is 1. The molecular weight excluding hydrogens is 324 g/mol. The van der Waals surface area contributed by atoms with E-state index in [1.54, 1.807) is 0 Å². The van der Waals surface area contributed by atoms with Gasteiger partial charge in [-0.15, -0.1) is 6.58 Å². The number of allylic oxidation sites excluding steroid dienone is 1. The average molecular weight is 341 g/mol. The first-order chi connectivity index (χ1) is 10.0. The largest absolute Gasteiger partial charge is 0.315 e. The Morgan fingerprint density at radius 2 is 2.00 bits per heavy atom. The van der Waals surface area contributed by atoms with Gasteiger partial charge in [0.05, 0.1) is 17.4 Å². The quantitative estimate of drug-likeness (QED) is 0.595. The van der Waals surface area contributed by atoms with E-state index in [9.17, 15) is 0 Å². The van der Waals surface area contributed by atoms with E-state index in [1.807, 2.05) is 12.3 Å². The SMILES string of the molecule is C=CC(C)(C)c1ccc(-n2ccc3cc(Br)ccc32)cn1. The minimum Gasteiger partial charge on any atom is -0.315 e. The molecule has 0 aliphatic heterocycles. The number of hydrogen-bond donors (Lipinski definition) is 0. The zero-order chi connectivity index (χ0) is 15.0. The molecule has 0 unspecified atom stereocenters. The average Bonchev–Trinajstić information content (AvgIpc) is 2.90. The van der Waals surface area contributed by atoms with Crippen LogP contribution >= 0.6 is 15.9 Å². The van der Waals surface area contributed by atoms with E-state index >= 15 is 0 Å². The fourth-order valence-electron chi connectivity index (χ4n) is 2.35. The fourth-order valence-corrected chi connectivity index (χ4v) is 2.73. The maximum absolute atomic E-state index is 4.60. The number of benzene rings is 1. The van der Waals surface area contributed by atoms with Crippen LogP contribution in [0.5, 0.6) is 0 Å². The van der Waals surface area contributed by atoms with E-state index in [-0.39, 0.29) is 5.41 Å².